The van der Waals surface area contributed by atoms with Crippen molar-refractivity contribution in [2.24, 2.45) is 11.8 Å². The van der Waals surface area contributed by atoms with Gasteiger partial charge in [-0.25, -0.2) is 0 Å². The number of halogens is 2. The molecule has 1 fully saturated rings. The van der Waals surface area contributed by atoms with Crippen LogP contribution in [-0.4, -0.2) is 23.9 Å². The third-order valence-electron chi connectivity index (χ3n) is 3.32. The fourth-order valence-corrected chi connectivity index (χ4v) is 2.94. The van der Waals surface area contributed by atoms with Crippen LogP contribution in [0.15, 0.2) is 18.2 Å². The first-order valence-electron chi connectivity index (χ1n) is 6.21. The number of benzene rings is 1. The zero-order chi connectivity index (χ0) is 13.3. The van der Waals surface area contributed by atoms with E-state index >= 15 is 0 Å². The molecule has 98 valence electrons. The third kappa shape index (κ3) is 2.99. The van der Waals surface area contributed by atoms with Crippen LogP contribution in [0, 0.1) is 11.8 Å². The van der Waals surface area contributed by atoms with Crippen LogP contribution in [-0.2, 0) is 0 Å². The summed E-state index contributed by atoms with van der Waals surface area (Å²) in [6, 6.07) is 5.06. The predicted molar refractivity (Wildman–Crippen MR) is 75.3 cm³/mol. The van der Waals surface area contributed by atoms with Crippen LogP contribution in [0.2, 0.25) is 10.0 Å². The molecule has 0 aliphatic carbocycles. The summed E-state index contributed by atoms with van der Waals surface area (Å²) in [7, 11) is 0. The highest BCUT2D eigenvalue weighted by Gasteiger charge is 2.26. The minimum Gasteiger partial charge on any atom is -0.338 e. The second-order valence-electron chi connectivity index (χ2n) is 5.29. The van der Waals surface area contributed by atoms with E-state index < -0.39 is 0 Å². The topological polar surface area (TPSA) is 20.3 Å². The second kappa shape index (κ2) is 5.50. The highest BCUT2D eigenvalue weighted by atomic mass is 35.5. The number of carbonyl (C=O) groups is 1. The average molecular weight is 286 g/mol. The molecule has 1 amide bonds. The molecule has 1 aromatic rings. The van der Waals surface area contributed by atoms with Gasteiger partial charge in [0.1, 0.15) is 0 Å². The molecule has 2 rings (SSSR count). The Morgan fingerprint density at radius 1 is 1.17 bits per heavy atom. The maximum Gasteiger partial charge on any atom is 0.253 e. The minimum absolute atomic E-state index is 0.0481. The summed E-state index contributed by atoms with van der Waals surface area (Å²) in [5.41, 5.74) is 0.616. The Morgan fingerprint density at radius 3 is 2.33 bits per heavy atom. The lowest BCUT2D eigenvalue weighted by Crippen LogP contribution is -2.42. The van der Waals surface area contributed by atoms with Crippen LogP contribution < -0.4 is 0 Å². The Kier molecular flexibility index (Phi) is 4.18. The van der Waals surface area contributed by atoms with Crippen LogP contribution in [0.3, 0.4) is 0 Å². The van der Waals surface area contributed by atoms with E-state index in [0.29, 0.717) is 27.4 Å². The van der Waals surface area contributed by atoms with Crippen LogP contribution in [0.25, 0.3) is 0 Å². The normalized spacial score (nSPS) is 24.1. The van der Waals surface area contributed by atoms with Gasteiger partial charge < -0.3 is 4.90 Å². The molecule has 1 heterocycles. The maximum absolute atomic E-state index is 12.4. The van der Waals surface area contributed by atoms with Crippen LogP contribution >= 0.6 is 23.2 Å². The largest absolute Gasteiger partial charge is 0.338 e. The van der Waals surface area contributed by atoms with Gasteiger partial charge in [0.05, 0.1) is 10.0 Å². The van der Waals surface area contributed by atoms with Crippen molar-refractivity contribution >= 4 is 29.1 Å². The highest BCUT2D eigenvalue weighted by Crippen LogP contribution is 2.26. The summed E-state index contributed by atoms with van der Waals surface area (Å²) in [5.74, 6) is 1.16. The summed E-state index contributed by atoms with van der Waals surface area (Å²) in [6.07, 6.45) is 1.19. The summed E-state index contributed by atoms with van der Waals surface area (Å²) in [6.45, 7) is 6.02. The number of amides is 1. The number of hydrogen-bond donors (Lipinski definition) is 0. The molecule has 0 bridgehead atoms. The second-order valence-corrected chi connectivity index (χ2v) is 6.10. The predicted octanol–water partition coefficient (Wildman–Crippen LogP) is 4.11. The number of likely N-dealkylation sites (tertiary alicyclic amines) is 1. The van der Waals surface area contributed by atoms with Gasteiger partial charge in [-0.05, 0) is 36.5 Å². The first kappa shape index (κ1) is 13.7. The molecule has 4 heteroatoms. The highest BCUT2D eigenvalue weighted by molar-refractivity contribution is 6.42. The van der Waals surface area contributed by atoms with Crippen LogP contribution in [0.5, 0.6) is 0 Å². The number of piperidine rings is 1. The fraction of sp³-hybridized carbons (Fsp3) is 0.500. The summed E-state index contributed by atoms with van der Waals surface area (Å²) < 4.78 is 0. The number of nitrogens with zero attached hydrogens (tertiary/aromatic N) is 1. The molecule has 0 N–H and O–H groups in total. The van der Waals surface area contributed by atoms with Crippen molar-refractivity contribution in [3.8, 4) is 0 Å². The van der Waals surface area contributed by atoms with Gasteiger partial charge in [-0.2, -0.15) is 0 Å². The number of hydrogen-bond acceptors (Lipinski definition) is 1. The van der Waals surface area contributed by atoms with Crippen molar-refractivity contribution in [3.63, 3.8) is 0 Å². The van der Waals surface area contributed by atoms with E-state index in [1.54, 1.807) is 18.2 Å². The van der Waals surface area contributed by atoms with Gasteiger partial charge >= 0.3 is 0 Å². The molecule has 2 nitrogen and oxygen atoms in total. The van der Waals surface area contributed by atoms with Gasteiger partial charge in [0.25, 0.3) is 5.91 Å². The molecular formula is C14H17Cl2NO. The standard InChI is InChI=1S/C14H17Cl2NO/c1-9-5-10(2)8-17(7-9)14(18)11-3-4-12(15)13(16)6-11/h3-4,6,9-10H,5,7-8H2,1-2H3/t9-,10-/m0/s1. The quantitative estimate of drug-likeness (QED) is 0.760. The first-order chi connectivity index (χ1) is 8.47. The number of rotatable bonds is 1. The van der Waals surface area contributed by atoms with E-state index in [2.05, 4.69) is 13.8 Å². The summed E-state index contributed by atoms with van der Waals surface area (Å²) in [4.78, 5) is 14.3. The lowest BCUT2D eigenvalue weighted by molar-refractivity contribution is 0.0623. The van der Waals surface area contributed by atoms with Gasteiger partial charge in [-0.1, -0.05) is 37.0 Å². The van der Waals surface area contributed by atoms with Gasteiger partial charge in [0.15, 0.2) is 0 Å². The molecule has 0 radical (unpaired) electrons. The lowest BCUT2D eigenvalue weighted by atomic mass is 9.91. The van der Waals surface area contributed by atoms with E-state index in [0.717, 1.165) is 13.1 Å². The lowest BCUT2D eigenvalue weighted by Gasteiger charge is -2.35. The first-order valence-corrected chi connectivity index (χ1v) is 6.97. The SMILES string of the molecule is C[C@H]1C[C@H](C)CN(C(=O)c2ccc(Cl)c(Cl)c2)C1. The van der Waals surface area contributed by atoms with E-state index in [9.17, 15) is 4.79 Å². The molecule has 1 saturated heterocycles. The molecular weight excluding hydrogens is 269 g/mol. The van der Waals surface area contributed by atoms with Crippen molar-refractivity contribution in [2.45, 2.75) is 20.3 Å². The van der Waals surface area contributed by atoms with Crippen molar-refractivity contribution < 1.29 is 4.79 Å². The smallest absolute Gasteiger partial charge is 0.253 e. The van der Waals surface area contributed by atoms with Crippen LogP contribution in [0.4, 0.5) is 0 Å². The average Bonchev–Trinajstić information content (AvgIpc) is 2.30. The monoisotopic (exact) mass is 285 g/mol. The van der Waals surface area contributed by atoms with E-state index in [-0.39, 0.29) is 5.91 Å². The molecule has 1 aliphatic heterocycles. The van der Waals surface area contributed by atoms with Gasteiger partial charge in [-0.15, -0.1) is 0 Å². The molecule has 1 aromatic carbocycles. The molecule has 0 unspecified atom stereocenters. The van der Waals surface area contributed by atoms with E-state index in [1.165, 1.54) is 6.42 Å². The Hall–Kier alpha value is -0.730. The van der Waals surface area contributed by atoms with Gasteiger partial charge in [0, 0.05) is 18.7 Å². The Labute approximate surface area is 118 Å². The van der Waals surface area contributed by atoms with Crippen molar-refractivity contribution in [3.05, 3.63) is 33.8 Å². The molecule has 0 spiro atoms. The summed E-state index contributed by atoms with van der Waals surface area (Å²) in [5, 5.41) is 0.911. The molecule has 2 atom stereocenters. The van der Waals surface area contributed by atoms with Crippen molar-refractivity contribution in [1.82, 2.24) is 4.90 Å². The van der Waals surface area contributed by atoms with Crippen molar-refractivity contribution in [2.75, 3.05) is 13.1 Å². The van der Waals surface area contributed by atoms with Crippen LogP contribution in [0.1, 0.15) is 30.6 Å². The fourth-order valence-electron chi connectivity index (χ4n) is 2.64. The third-order valence-corrected chi connectivity index (χ3v) is 4.06. The Morgan fingerprint density at radius 2 is 1.78 bits per heavy atom. The van der Waals surface area contributed by atoms with Crippen molar-refractivity contribution in [1.29, 1.82) is 0 Å². The molecule has 0 saturated carbocycles. The Balaban J connectivity index is 2.17. The van der Waals surface area contributed by atoms with Gasteiger partial charge in [0.2, 0.25) is 0 Å². The Bertz CT molecular complexity index is 451. The molecule has 1 aliphatic rings. The van der Waals surface area contributed by atoms with E-state index in [4.69, 9.17) is 23.2 Å². The zero-order valence-corrected chi connectivity index (χ0v) is 12.1. The van der Waals surface area contributed by atoms with E-state index in [1.807, 2.05) is 4.90 Å². The summed E-state index contributed by atoms with van der Waals surface area (Å²) >= 11 is 11.8. The minimum atomic E-state index is 0.0481. The molecule has 18 heavy (non-hydrogen) atoms. The zero-order valence-electron chi connectivity index (χ0n) is 10.6. The maximum atomic E-state index is 12.4. The van der Waals surface area contributed by atoms with Gasteiger partial charge in [-0.3, -0.25) is 4.79 Å². The number of carbonyl (C=O) groups excluding carboxylic acids is 1. The molecule has 0 aromatic heterocycles.